The summed E-state index contributed by atoms with van der Waals surface area (Å²) in [7, 11) is 0. The van der Waals surface area contributed by atoms with Crippen LogP contribution in [0.15, 0.2) is 24.3 Å². The van der Waals surface area contributed by atoms with E-state index in [2.05, 4.69) is 35.8 Å². The maximum atomic E-state index is 6.68. The van der Waals surface area contributed by atoms with Crippen molar-refractivity contribution in [3.8, 4) is 0 Å². The zero-order chi connectivity index (χ0) is 14.0. The molecule has 1 aliphatic carbocycles. The number of imidazole rings is 1. The second-order valence-corrected chi connectivity index (χ2v) is 6.21. The molecule has 0 radical (unpaired) electrons. The summed E-state index contributed by atoms with van der Waals surface area (Å²) in [5.41, 5.74) is 8.97. The second kappa shape index (κ2) is 5.57. The van der Waals surface area contributed by atoms with Crippen molar-refractivity contribution in [2.45, 2.75) is 64.0 Å². The molecule has 0 spiro atoms. The number of aryl methyl sites for hydroxylation is 1. The van der Waals surface area contributed by atoms with Crippen molar-refractivity contribution >= 4 is 11.0 Å². The highest BCUT2D eigenvalue weighted by molar-refractivity contribution is 5.75. The number of aromatic nitrogens is 2. The maximum Gasteiger partial charge on any atom is 0.111 e. The molecule has 0 aliphatic heterocycles. The van der Waals surface area contributed by atoms with Crippen LogP contribution in [0.5, 0.6) is 0 Å². The molecule has 3 heteroatoms. The Morgan fingerprint density at radius 1 is 1.15 bits per heavy atom. The number of hydrogen-bond donors (Lipinski definition) is 1. The van der Waals surface area contributed by atoms with Gasteiger partial charge in [-0.05, 0) is 31.9 Å². The van der Waals surface area contributed by atoms with Crippen LogP contribution in [0.4, 0.5) is 0 Å². The second-order valence-electron chi connectivity index (χ2n) is 6.21. The van der Waals surface area contributed by atoms with Gasteiger partial charge in [0, 0.05) is 18.5 Å². The first-order valence-corrected chi connectivity index (χ1v) is 7.95. The van der Waals surface area contributed by atoms with Gasteiger partial charge in [0.05, 0.1) is 11.0 Å². The number of hydrogen-bond acceptors (Lipinski definition) is 2. The summed E-state index contributed by atoms with van der Waals surface area (Å²) in [6, 6.07) is 8.40. The summed E-state index contributed by atoms with van der Waals surface area (Å²) >= 11 is 0. The van der Waals surface area contributed by atoms with E-state index in [4.69, 9.17) is 10.7 Å². The Morgan fingerprint density at radius 3 is 2.55 bits per heavy atom. The number of benzene rings is 1. The van der Waals surface area contributed by atoms with Crippen LogP contribution in [-0.2, 0) is 13.0 Å². The smallest absolute Gasteiger partial charge is 0.111 e. The first-order valence-electron chi connectivity index (χ1n) is 7.95. The minimum atomic E-state index is -0.0508. The largest absolute Gasteiger partial charge is 0.328 e. The SMILES string of the molecule is CCn1c(CC2(N)CCCCCC2)nc2ccccc21. The van der Waals surface area contributed by atoms with Crippen molar-refractivity contribution in [2.75, 3.05) is 0 Å². The van der Waals surface area contributed by atoms with Crippen LogP contribution in [0.2, 0.25) is 0 Å². The Labute approximate surface area is 121 Å². The molecule has 3 nitrogen and oxygen atoms in total. The molecule has 0 amide bonds. The molecule has 1 aliphatic rings. The summed E-state index contributed by atoms with van der Waals surface area (Å²) in [6.45, 7) is 3.15. The highest BCUT2D eigenvalue weighted by Crippen LogP contribution is 2.29. The molecule has 2 N–H and O–H groups in total. The van der Waals surface area contributed by atoms with Gasteiger partial charge in [0.25, 0.3) is 0 Å². The minimum Gasteiger partial charge on any atom is -0.328 e. The summed E-state index contributed by atoms with van der Waals surface area (Å²) in [5, 5.41) is 0. The average Bonchev–Trinajstić information content (AvgIpc) is 2.64. The van der Waals surface area contributed by atoms with Gasteiger partial charge in [-0.2, -0.15) is 0 Å². The van der Waals surface area contributed by atoms with Crippen molar-refractivity contribution in [3.05, 3.63) is 30.1 Å². The standard InChI is InChI=1S/C17H25N3/c1-2-20-15-10-6-5-9-14(15)19-16(20)13-17(18)11-7-3-4-8-12-17/h5-6,9-10H,2-4,7-8,11-13,18H2,1H3. The van der Waals surface area contributed by atoms with E-state index in [9.17, 15) is 0 Å². The van der Waals surface area contributed by atoms with E-state index < -0.39 is 0 Å². The van der Waals surface area contributed by atoms with Crippen LogP contribution in [0, 0.1) is 0 Å². The number of rotatable bonds is 3. The Morgan fingerprint density at radius 2 is 1.85 bits per heavy atom. The third-order valence-electron chi connectivity index (χ3n) is 4.66. The van der Waals surface area contributed by atoms with Crippen LogP contribution in [0.3, 0.4) is 0 Å². The molecule has 2 aromatic rings. The van der Waals surface area contributed by atoms with Crippen molar-refractivity contribution < 1.29 is 0 Å². The fraction of sp³-hybridized carbons (Fsp3) is 0.588. The molecule has 1 aromatic heterocycles. The molecule has 0 bridgehead atoms. The zero-order valence-corrected chi connectivity index (χ0v) is 12.4. The Hall–Kier alpha value is -1.35. The molecule has 1 saturated carbocycles. The van der Waals surface area contributed by atoms with E-state index in [0.717, 1.165) is 37.1 Å². The fourth-order valence-corrected chi connectivity index (χ4v) is 3.54. The number of nitrogens with zero attached hydrogens (tertiary/aromatic N) is 2. The monoisotopic (exact) mass is 271 g/mol. The van der Waals surface area contributed by atoms with Gasteiger partial charge in [0.1, 0.15) is 5.82 Å². The van der Waals surface area contributed by atoms with E-state index in [1.54, 1.807) is 0 Å². The molecule has 0 saturated heterocycles. The van der Waals surface area contributed by atoms with E-state index in [-0.39, 0.29) is 5.54 Å². The number of nitrogens with two attached hydrogens (primary N) is 1. The first-order chi connectivity index (χ1) is 9.72. The van der Waals surface area contributed by atoms with Gasteiger partial charge < -0.3 is 10.3 Å². The molecule has 1 heterocycles. The molecule has 1 aromatic carbocycles. The third-order valence-corrected chi connectivity index (χ3v) is 4.66. The molecular weight excluding hydrogens is 246 g/mol. The topological polar surface area (TPSA) is 43.8 Å². The van der Waals surface area contributed by atoms with Crippen molar-refractivity contribution in [2.24, 2.45) is 5.73 Å². The predicted molar refractivity (Wildman–Crippen MR) is 83.7 cm³/mol. The van der Waals surface area contributed by atoms with Gasteiger partial charge in [-0.3, -0.25) is 0 Å². The fourth-order valence-electron chi connectivity index (χ4n) is 3.54. The summed E-state index contributed by atoms with van der Waals surface area (Å²) in [4.78, 5) is 4.84. The lowest BCUT2D eigenvalue weighted by Gasteiger charge is -2.27. The van der Waals surface area contributed by atoms with Crippen molar-refractivity contribution in [1.29, 1.82) is 0 Å². The summed E-state index contributed by atoms with van der Waals surface area (Å²) in [5.74, 6) is 1.16. The average molecular weight is 271 g/mol. The quantitative estimate of drug-likeness (QED) is 0.866. The lowest BCUT2D eigenvalue weighted by molar-refractivity contribution is 0.358. The van der Waals surface area contributed by atoms with Crippen LogP contribution >= 0.6 is 0 Å². The van der Waals surface area contributed by atoms with Gasteiger partial charge in [-0.15, -0.1) is 0 Å². The lowest BCUT2D eigenvalue weighted by atomic mass is 9.87. The minimum absolute atomic E-state index is 0.0508. The van der Waals surface area contributed by atoms with Gasteiger partial charge in [-0.25, -0.2) is 4.98 Å². The van der Waals surface area contributed by atoms with Crippen LogP contribution < -0.4 is 5.73 Å². The van der Waals surface area contributed by atoms with E-state index in [1.165, 1.54) is 31.2 Å². The molecule has 1 fully saturated rings. The number of para-hydroxylation sites is 2. The highest BCUT2D eigenvalue weighted by atomic mass is 15.1. The summed E-state index contributed by atoms with van der Waals surface area (Å²) < 4.78 is 2.33. The highest BCUT2D eigenvalue weighted by Gasteiger charge is 2.28. The van der Waals surface area contributed by atoms with E-state index >= 15 is 0 Å². The van der Waals surface area contributed by atoms with Gasteiger partial charge in [-0.1, -0.05) is 37.8 Å². The third kappa shape index (κ3) is 2.59. The number of fused-ring (bicyclic) bond motifs is 1. The Balaban J connectivity index is 1.93. The molecule has 0 atom stereocenters. The lowest BCUT2D eigenvalue weighted by Crippen LogP contribution is -2.42. The van der Waals surface area contributed by atoms with Crippen LogP contribution in [-0.4, -0.2) is 15.1 Å². The molecule has 3 rings (SSSR count). The van der Waals surface area contributed by atoms with Crippen molar-refractivity contribution in [1.82, 2.24) is 9.55 Å². The zero-order valence-electron chi connectivity index (χ0n) is 12.4. The maximum absolute atomic E-state index is 6.68. The Kier molecular flexibility index (Phi) is 3.79. The molecule has 108 valence electrons. The Bertz CT molecular complexity index is 577. The molecule has 0 unspecified atom stereocenters. The van der Waals surface area contributed by atoms with E-state index in [0.29, 0.717) is 0 Å². The van der Waals surface area contributed by atoms with Crippen LogP contribution in [0.25, 0.3) is 11.0 Å². The van der Waals surface area contributed by atoms with Crippen LogP contribution in [0.1, 0.15) is 51.3 Å². The predicted octanol–water partition coefficient (Wildman–Crippen LogP) is 3.65. The van der Waals surface area contributed by atoms with E-state index in [1.807, 2.05) is 0 Å². The first kappa shape index (κ1) is 13.6. The molecular formula is C17H25N3. The van der Waals surface area contributed by atoms with Gasteiger partial charge in [0.15, 0.2) is 0 Å². The normalized spacial score (nSPS) is 19.1. The van der Waals surface area contributed by atoms with Gasteiger partial charge in [0.2, 0.25) is 0 Å². The summed E-state index contributed by atoms with van der Waals surface area (Å²) in [6.07, 6.45) is 8.40. The van der Waals surface area contributed by atoms with Gasteiger partial charge >= 0.3 is 0 Å². The van der Waals surface area contributed by atoms with Crippen molar-refractivity contribution in [3.63, 3.8) is 0 Å². The molecule has 20 heavy (non-hydrogen) atoms.